The minimum absolute atomic E-state index is 0.228. The molecule has 2 heterocycles. The third-order valence-corrected chi connectivity index (χ3v) is 5.60. The number of nitrogens with one attached hydrogen (secondary N) is 1. The Morgan fingerprint density at radius 2 is 2.04 bits per heavy atom. The van der Waals surface area contributed by atoms with Crippen LogP contribution in [0.3, 0.4) is 0 Å². The van der Waals surface area contributed by atoms with Gasteiger partial charge in [0.15, 0.2) is 9.49 Å². The van der Waals surface area contributed by atoms with E-state index in [4.69, 9.17) is 17.3 Å². The summed E-state index contributed by atoms with van der Waals surface area (Å²) in [6.45, 7) is 1.86. The van der Waals surface area contributed by atoms with Gasteiger partial charge < -0.3 is 11.1 Å². The van der Waals surface area contributed by atoms with Crippen LogP contribution in [0.15, 0.2) is 40.9 Å². The van der Waals surface area contributed by atoms with Crippen LogP contribution in [0, 0.1) is 6.92 Å². The summed E-state index contributed by atoms with van der Waals surface area (Å²) in [7, 11) is 0. The molecule has 0 spiro atoms. The van der Waals surface area contributed by atoms with E-state index in [1.807, 2.05) is 19.1 Å². The molecule has 2 aromatic heterocycles. The molecule has 0 atom stereocenters. The molecule has 0 bridgehead atoms. The molecule has 25 heavy (non-hydrogen) atoms. The van der Waals surface area contributed by atoms with Crippen molar-refractivity contribution in [2.45, 2.75) is 17.0 Å². The number of benzene rings is 1. The molecule has 3 N–H and O–H groups in total. The fraction of sp³-hybridized carbons (Fsp3) is 0.125. The number of nitrogens with zero attached hydrogens (tertiary/aromatic N) is 3. The quantitative estimate of drug-likeness (QED) is 0.504. The van der Waals surface area contributed by atoms with Gasteiger partial charge in [-0.15, -0.1) is 10.2 Å². The first-order valence-corrected chi connectivity index (χ1v) is 9.44. The third-order valence-electron chi connectivity index (χ3n) is 3.35. The summed E-state index contributed by atoms with van der Waals surface area (Å²) in [6.07, 6.45) is 1.60. The number of hydrogen-bond acceptors (Lipinski definition) is 7. The summed E-state index contributed by atoms with van der Waals surface area (Å²) < 4.78 is 0.820. The van der Waals surface area contributed by atoms with Gasteiger partial charge in [0.25, 0.3) is 5.91 Å². The molecule has 0 aliphatic rings. The van der Waals surface area contributed by atoms with Crippen LogP contribution in [-0.4, -0.2) is 21.1 Å². The second kappa shape index (κ2) is 7.81. The predicted octanol–water partition coefficient (Wildman–Crippen LogP) is 4.02. The molecule has 0 saturated carbocycles. The largest absolute Gasteiger partial charge is 0.374 e. The monoisotopic (exact) mass is 391 g/mol. The number of carbonyl (C=O) groups is 1. The van der Waals surface area contributed by atoms with Gasteiger partial charge in [-0.2, -0.15) is 0 Å². The highest BCUT2D eigenvalue weighted by Gasteiger charge is 2.11. The molecule has 0 radical (unpaired) electrons. The molecule has 9 heteroatoms. The Labute approximate surface area is 157 Å². The van der Waals surface area contributed by atoms with Crippen LogP contribution in [-0.2, 0) is 5.75 Å². The van der Waals surface area contributed by atoms with E-state index in [0.29, 0.717) is 16.4 Å². The zero-order chi connectivity index (χ0) is 17.8. The molecular formula is C16H14ClN5OS2. The van der Waals surface area contributed by atoms with Crippen LogP contribution >= 0.6 is 34.7 Å². The maximum atomic E-state index is 12.4. The molecule has 1 amide bonds. The number of thioether (sulfide) groups is 1. The van der Waals surface area contributed by atoms with E-state index in [-0.39, 0.29) is 11.1 Å². The molecule has 6 nitrogen and oxygen atoms in total. The van der Waals surface area contributed by atoms with Gasteiger partial charge in [0.1, 0.15) is 0 Å². The van der Waals surface area contributed by atoms with E-state index >= 15 is 0 Å². The maximum Gasteiger partial charge on any atom is 0.255 e. The molecule has 0 aliphatic heterocycles. The molecule has 0 saturated heterocycles. The Hall–Kier alpha value is -2.16. The summed E-state index contributed by atoms with van der Waals surface area (Å²) in [5.41, 5.74) is 8.57. The first-order valence-electron chi connectivity index (χ1n) is 7.26. The number of nitrogens with two attached hydrogens (primary N) is 1. The second-order valence-electron chi connectivity index (χ2n) is 5.14. The number of anilines is 2. The lowest BCUT2D eigenvalue weighted by molar-refractivity contribution is 0.102. The summed E-state index contributed by atoms with van der Waals surface area (Å²) in [5, 5.41) is 11.3. The predicted molar refractivity (Wildman–Crippen MR) is 102 cm³/mol. The summed E-state index contributed by atoms with van der Waals surface area (Å²) in [4.78, 5) is 16.4. The SMILES string of the molecule is Cc1ccnc(Cl)c1NC(=O)c1ccc(CSc2nnc(N)s2)cc1. The van der Waals surface area contributed by atoms with Crippen molar-refractivity contribution < 1.29 is 4.79 Å². The number of nitrogen functional groups attached to an aromatic ring is 1. The third kappa shape index (κ3) is 4.47. The number of halogens is 1. The minimum Gasteiger partial charge on any atom is -0.374 e. The van der Waals surface area contributed by atoms with Crippen molar-refractivity contribution >= 4 is 51.4 Å². The number of amides is 1. The number of hydrogen-bond donors (Lipinski definition) is 2. The minimum atomic E-state index is -0.228. The van der Waals surface area contributed by atoms with E-state index in [1.165, 1.54) is 11.3 Å². The lowest BCUT2D eigenvalue weighted by Crippen LogP contribution is -2.13. The van der Waals surface area contributed by atoms with Crippen LogP contribution in [0.4, 0.5) is 10.8 Å². The highest BCUT2D eigenvalue weighted by Crippen LogP contribution is 2.27. The van der Waals surface area contributed by atoms with Crippen molar-refractivity contribution in [3.8, 4) is 0 Å². The van der Waals surface area contributed by atoms with Crippen LogP contribution in [0.1, 0.15) is 21.5 Å². The van der Waals surface area contributed by atoms with Gasteiger partial charge in [0.05, 0.1) is 5.69 Å². The lowest BCUT2D eigenvalue weighted by atomic mass is 10.1. The molecule has 3 aromatic rings. The van der Waals surface area contributed by atoms with Gasteiger partial charge in [-0.05, 0) is 36.2 Å². The van der Waals surface area contributed by atoms with Gasteiger partial charge in [0, 0.05) is 17.5 Å². The van der Waals surface area contributed by atoms with E-state index in [2.05, 4.69) is 20.5 Å². The van der Waals surface area contributed by atoms with E-state index < -0.39 is 0 Å². The van der Waals surface area contributed by atoms with Crippen LogP contribution in [0.25, 0.3) is 0 Å². The van der Waals surface area contributed by atoms with Crippen LogP contribution < -0.4 is 11.1 Å². The topological polar surface area (TPSA) is 93.8 Å². The number of aryl methyl sites for hydroxylation is 1. The summed E-state index contributed by atoms with van der Waals surface area (Å²) in [5.74, 6) is 0.499. The molecule has 0 fully saturated rings. The lowest BCUT2D eigenvalue weighted by Gasteiger charge is -2.09. The Morgan fingerprint density at radius 3 is 2.68 bits per heavy atom. The summed E-state index contributed by atoms with van der Waals surface area (Å²) in [6, 6.07) is 9.16. The highest BCUT2D eigenvalue weighted by atomic mass is 35.5. The van der Waals surface area contributed by atoms with Crippen LogP contribution in [0.5, 0.6) is 0 Å². The first-order chi connectivity index (χ1) is 12.0. The average Bonchev–Trinajstić information content (AvgIpc) is 3.02. The number of rotatable bonds is 5. The van der Waals surface area contributed by atoms with Crippen molar-refractivity contribution in [1.82, 2.24) is 15.2 Å². The van der Waals surface area contributed by atoms with E-state index in [0.717, 1.165) is 21.2 Å². The number of aromatic nitrogens is 3. The fourth-order valence-electron chi connectivity index (χ4n) is 2.04. The maximum absolute atomic E-state index is 12.4. The Balaban J connectivity index is 1.64. The van der Waals surface area contributed by atoms with Crippen molar-refractivity contribution in [3.05, 3.63) is 58.4 Å². The molecule has 3 rings (SSSR count). The van der Waals surface area contributed by atoms with Gasteiger partial charge in [0.2, 0.25) is 5.13 Å². The molecule has 1 aromatic carbocycles. The van der Waals surface area contributed by atoms with E-state index in [9.17, 15) is 4.79 Å². The first kappa shape index (κ1) is 17.7. The Bertz CT molecular complexity index is 878. The standard InChI is InChI=1S/C16H14ClN5OS2/c1-9-6-7-19-13(17)12(9)20-14(23)11-4-2-10(3-5-11)8-24-16-22-21-15(18)25-16/h2-7H,8H2,1H3,(H2,18,21)(H,20,23). The number of pyridine rings is 1. The van der Waals surface area contributed by atoms with E-state index in [1.54, 1.807) is 36.2 Å². The van der Waals surface area contributed by atoms with Crippen molar-refractivity contribution in [2.24, 2.45) is 0 Å². The van der Waals surface area contributed by atoms with Crippen molar-refractivity contribution in [2.75, 3.05) is 11.1 Å². The zero-order valence-electron chi connectivity index (χ0n) is 13.2. The Morgan fingerprint density at radius 1 is 1.28 bits per heavy atom. The summed E-state index contributed by atoms with van der Waals surface area (Å²) >= 11 is 8.95. The van der Waals surface area contributed by atoms with Gasteiger partial charge in [-0.25, -0.2) is 4.98 Å². The normalized spacial score (nSPS) is 10.6. The van der Waals surface area contributed by atoms with Gasteiger partial charge >= 0.3 is 0 Å². The highest BCUT2D eigenvalue weighted by molar-refractivity contribution is 8.00. The fourth-order valence-corrected chi connectivity index (χ4v) is 3.88. The average molecular weight is 392 g/mol. The molecular weight excluding hydrogens is 378 g/mol. The second-order valence-corrected chi connectivity index (χ2v) is 7.73. The van der Waals surface area contributed by atoms with Crippen LogP contribution in [0.2, 0.25) is 5.15 Å². The smallest absolute Gasteiger partial charge is 0.255 e. The van der Waals surface area contributed by atoms with Crippen molar-refractivity contribution in [3.63, 3.8) is 0 Å². The van der Waals surface area contributed by atoms with Crippen molar-refractivity contribution in [1.29, 1.82) is 0 Å². The molecule has 0 aliphatic carbocycles. The van der Waals surface area contributed by atoms with Gasteiger partial charge in [-0.3, -0.25) is 4.79 Å². The number of carbonyl (C=O) groups excluding carboxylic acids is 1. The molecule has 0 unspecified atom stereocenters. The van der Waals surface area contributed by atoms with Gasteiger partial charge in [-0.1, -0.05) is 46.8 Å². The zero-order valence-corrected chi connectivity index (χ0v) is 15.6. The Kier molecular flexibility index (Phi) is 5.52. The molecule has 128 valence electrons.